The van der Waals surface area contributed by atoms with E-state index in [-0.39, 0.29) is 11.3 Å². The third-order valence-electron chi connectivity index (χ3n) is 6.49. The monoisotopic (exact) mass is 394 g/mol. The van der Waals surface area contributed by atoms with Gasteiger partial charge < -0.3 is 20.4 Å². The van der Waals surface area contributed by atoms with Crippen LogP contribution in [0.2, 0.25) is 0 Å². The largest absolute Gasteiger partial charge is 0.355 e. The van der Waals surface area contributed by atoms with Crippen LogP contribution in [0.3, 0.4) is 0 Å². The summed E-state index contributed by atoms with van der Waals surface area (Å²) >= 11 is 0. The van der Waals surface area contributed by atoms with E-state index in [9.17, 15) is 4.79 Å². The lowest BCUT2D eigenvalue weighted by atomic mass is 9.84. The van der Waals surface area contributed by atoms with Crippen molar-refractivity contribution in [3.63, 3.8) is 0 Å². The molecular formula is C21H42N6O. The molecule has 28 heavy (non-hydrogen) atoms. The Balaban J connectivity index is 1.91. The van der Waals surface area contributed by atoms with Crippen LogP contribution in [0.25, 0.3) is 0 Å². The summed E-state index contributed by atoms with van der Waals surface area (Å²) < 4.78 is 0. The van der Waals surface area contributed by atoms with E-state index < -0.39 is 0 Å². The molecule has 2 aliphatic rings. The van der Waals surface area contributed by atoms with Crippen LogP contribution in [0.5, 0.6) is 0 Å². The zero-order chi connectivity index (χ0) is 20.7. The third-order valence-corrected chi connectivity index (χ3v) is 6.49. The van der Waals surface area contributed by atoms with Gasteiger partial charge in [-0.2, -0.15) is 0 Å². The van der Waals surface area contributed by atoms with E-state index in [1.807, 2.05) is 21.1 Å². The number of rotatable bonds is 7. The fraction of sp³-hybridized carbons (Fsp3) is 0.905. The molecule has 1 heterocycles. The molecular weight excluding hydrogens is 352 g/mol. The van der Waals surface area contributed by atoms with Gasteiger partial charge in [0.15, 0.2) is 5.96 Å². The van der Waals surface area contributed by atoms with Crippen molar-refractivity contribution < 1.29 is 4.79 Å². The van der Waals surface area contributed by atoms with Crippen LogP contribution < -0.4 is 10.6 Å². The lowest BCUT2D eigenvalue weighted by Gasteiger charge is -2.40. The molecule has 7 heteroatoms. The van der Waals surface area contributed by atoms with Gasteiger partial charge in [0.25, 0.3) is 0 Å². The second kappa shape index (κ2) is 10.4. The van der Waals surface area contributed by atoms with Crippen molar-refractivity contribution >= 4 is 11.9 Å². The summed E-state index contributed by atoms with van der Waals surface area (Å²) in [4.78, 5) is 23.9. The predicted molar refractivity (Wildman–Crippen MR) is 117 cm³/mol. The highest BCUT2D eigenvalue weighted by Gasteiger charge is 2.42. The zero-order valence-electron chi connectivity index (χ0n) is 18.9. The van der Waals surface area contributed by atoms with Crippen LogP contribution in [0, 0.1) is 11.3 Å². The topological polar surface area (TPSA) is 63.2 Å². The van der Waals surface area contributed by atoms with Crippen molar-refractivity contribution in [2.75, 3.05) is 67.5 Å². The predicted octanol–water partition coefficient (Wildman–Crippen LogP) is 1.07. The maximum atomic E-state index is 12.8. The minimum Gasteiger partial charge on any atom is -0.355 e. The van der Waals surface area contributed by atoms with Gasteiger partial charge in [-0.25, -0.2) is 0 Å². The Bertz CT molecular complexity index is 519. The van der Waals surface area contributed by atoms with Crippen molar-refractivity contribution in [1.29, 1.82) is 0 Å². The first-order chi connectivity index (χ1) is 13.3. The smallest absolute Gasteiger partial charge is 0.230 e. The number of hydrogen-bond donors (Lipinski definition) is 2. The maximum Gasteiger partial charge on any atom is 0.230 e. The highest BCUT2D eigenvalue weighted by Crippen LogP contribution is 2.38. The molecule has 0 spiro atoms. The summed E-state index contributed by atoms with van der Waals surface area (Å²) in [6.45, 7) is 10.6. The summed E-state index contributed by atoms with van der Waals surface area (Å²) in [5.74, 6) is 1.62. The van der Waals surface area contributed by atoms with E-state index in [2.05, 4.69) is 46.3 Å². The summed E-state index contributed by atoms with van der Waals surface area (Å²) in [6.07, 6.45) is 4.19. The lowest BCUT2D eigenvalue weighted by Crippen LogP contribution is -2.56. The summed E-state index contributed by atoms with van der Waals surface area (Å²) in [7, 11) is 7.72. The maximum absolute atomic E-state index is 12.8. The van der Waals surface area contributed by atoms with E-state index in [1.54, 1.807) is 4.90 Å². The number of amides is 1. The van der Waals surface area contributed by atoms with E-state index in [1.165, 1.54) is 0 Å². The molecule has 1 unspecified atom stereocenters. The molecule has 2 rings (SSSR count). The number of carbonyl (C=O) groups is 1. The average Bonchev–Trinajstić information content (AvgIpc) is 3.14. The fourth-order valence-corrected chi connectivity index (χ4v) is 4.61. The van der Waals surface area contributed by atoms with Gasteiger partial charge >= 0.3 is 0 Å². The molecule has 1 aliphatic heterocycles. The van der Waals surface area contributed by atoms with Crippen LogP contribution in [-0.4, -0.2) is 100 Å². The zero-order valence-corrected chi connectivity index (χ0v) is 18.9. The second-order valence-corrected chi connectivity index (χ2v) is 9.14. The second-order valence-electron chi connectivity index (χ2n) is 9.14. The molecule has 1 atom stereocenters. The molecule has 0 aromatic carbocycles. The Hall–Kier alpha value is -1.34. The van der Waals surface area contributed by atoms with Gasteiger partial charge in [-0.1, -0.05) is 26.7 Å². The quantitative estimate of drug-likeness (QED) is 0.500. The molecule has 0 radical (unpaired) electrons. The minimum atomic E-state index is -0.282. The van der Waals surface area contributed by atoms with E-state index in [4.69, 9.17) is 0 Å². The Morgan fingerprint density at radius 3 is 2.21 bits per heavy atom. The Labute approximate surface area is 171 Å². The standard InChI is InChI=1S/C21H42N6O/c1-17(2)18(27-13-11-26(6)12-14-27)15-23-20(22-3)24-16-21(9-7-8-10-21)19(28)25(4)5/h17-18H,7-16H2,1-6H3,(H2,22,23,24). The number of carbonyl (C=O) groups excluding carboxylic acids is 1. The molecule has 0 aromatic rings. The minimum absolute atomic E-state index is 0.241. The van der Waals surface area contributed by atoms with Gasteiger partial charge in [0.2, 0.25) is 5.91 Å². The SMILES string of the molecule is CN=C(NCC(C(C)C)N1CCN(C)CC1)NCC1(C(=O)N(C)C)CCCC1. The number of nitrogens with one attached hydrogen (secondary N) is 2. The highest BCUT2D eigenvalue weighted by atomic mass is 16.2. The highest BCUT2D eigenvalue weighted by molar-refractivity contribution is 5.85. The normalized spacial score (nSPS) is 22.3. The first-order valence-electron chi connectivity index (χ1n) is 10.9. The first-order valence-corrected chi connectivity index (χ1v) is 10.9. The van der Waals surface area contributed by atoms with Crippen LogP contribution in [0.1, 0.15) is 39.5 Å². The molecule has 1 aliphatic carbocycles. The molecule has 2 N–H and O–H groups in total. The van der Waals surface area contributed by atoms with Crippen molar-refractivity contribution in [2.45, 2.75) is 45.6 Å². The van der Waals surface area contributed by atoms with Crippen molar-refractivity contribution in [1.82, 2.24) is 25.3 Å². The van der Waals surface area contributed by atoms with Crippen LogP contribution >= 0.6 is 0 Å². The van der Waals surface area contributed by atoms with Crippen molar-refractivity contribution in [3.05, 3.63) is 0 Å². The van der Waals surface area contributed by atoms with Crippen LogP contribution in [0.4, 0.5) is 0 Å². The Morgan fingerprint density at radius 2 is 1.71 bits per heavy atom. The summed E-state index contributed by atoms with van der Waals surface area (Å²) in [6, 6.07) is 0.482. The molecule has 162 valence electrons. The number of hydrogen-bond acceptors (Lipinski definition) is 4. The summed E-state index contributed by atoms with van der Waals surface area (Å²) in [5, 5.41) is 6.98. The van der Waals surface area contributed by atoms with Gasteiger partial charge in [-0.3, -0.25) is 14.7 Å². The van der Waals surface area contributed by atoms with Gasteiger partial charge in [-0.05, 0) is 25.8 Å². The van der Waals surface area contributed by atoms with Crippen LogP contribution in [-0.2, 0) is 4.79 Å². The Kier molecular flexibility index (Phi) is 8.56. The van der Waals surface area contributed by atoms with E-state index >= 15 is 0 Å². The number of aliphatic imine (C=N–C) groups is 1. The molecule has 0 bridgehead atoms. The number of likely N-dealkylation sites (N-methyl/N-ethyl adjacent to an activating group) is 1. The van der Waals surface area contributed by atoms with Gasteiger partial charge in [0.05, 0.1) is 5.41 Å². The molecule has 1 saturated heterocycles. The van der Waals surface area contributed by atoms with Gasteiger partial charge in [-0.15, -0.1) is 0 Å². The van der Waals surface area contributed by atoms with Gasteiger partial charge in [0, 0.05) is 66.5 Å². The number of guanidine groups is 1. The Morgan fingerprint density at radius 1 is 1.11 bits per heavy atom. The number of piperazine rings is 1. The average molecular weight is 395 g/mol. The molecule has 7 nitrogen and oxygen atoms in total. The molecule has 2 fully saturated rings. The molecule has 1 amide bonds. The fourth-order valence-electron chi connectivity index (χ4n) is 4.61. The first kappa shape index (κ1) is 22.9. The molecule has 1 saturated carbocycles. The number of nitrogens with zero attached hydrogens (tertiary/aromatic N) is 4. The van der Waals surface area contributed by atoms with Crippen molar-refractivity contribution in [2.24, 2.45) is 16.3 Å². The molecule has 0 aromatic heterocycles. The summed E-state index contributed by atoms with van der Waals surface area (Å²) in [5.41, 5.74) is -0.282. The van der Waals surface area contributed by atoms with Crippen LogP contribution in [0.15, 0.2) is 4.99 Å². The third kappa shape index (κ3) is 5.83. The van der Waals surface area contributed by atoms with E-state index in [0.29, 0.717) is 18.5 Å². The van der Waals surface area contributed by atoms with Crippen molar-refractivity contribution in [3.8, 4) is 0 Å². The van der Waals surface area contributed by atoms with Gasteiger partial charge in [0.1, 0.15) is 0 Å². The van der Waals surface area contributed by atoms with E-state index in [0.717, 1.165) is 64.4 Å². The lowest BCUT2D eigenvalue weighted by molar-refractivity contribution is -0.138.